The van der Waals surface area contributed by atoms with Crippen molar-refractivity contribution in [1.29, 1.82) is 0 Å². The normalized spacial score (nSPS) is 20.4. The average Bonchev–Trinajstić information content (AvgIpc) is 3.04. The van der Waals surface area contributed by atoms with Crippen LogP contribution in [0.25, 0.3) is 11.0 Å². The Morgan fingerprint density at radius 1 is 1.08 bits per heavy atom. The lowest BCUT2D eigenvalue weighted by Gasteiger charge is -2.45. The highest BCUT2D eigenvalue weighted by Crippen LogP contribution is 2.44. The highest BCUT2D eigenvalue weighted by atomic mass is 35.5. The van der Waals surface area contributed by atoms with E-state index in [2.05, 4.69) is 44.2 Å². The highest BCUT2D eigenvalue weighted by molar-refractivity contribution is 7.00. The van der Waals surface area contributed by atoms with Gasteiger partial charge in [-0.05, 0) is 81.8 Å². The van der Waals surface area contributed by atoms with Crippen molar-refractivity contribution in [1.82, 2.24) is 19.0 Å². The van der Waals surface area contributed by atoms with E-state index in [1.165, 1.54) is 68.9 Å². The summed E-state index contributed by atoms with van der Waals surface area (Å²) in [6, 6.07) is 7.25. The van der Waals surface area contributed by atoms with Crippen LogP contribution in [0.4, 0.5) is 0 Å². The predicted molar refractivity (Wildman–Crippen MR) is 110 cm³/mol. The average molecular weight is 403 g/mol. The van der Waals surface area contributed by atoms with Crippen LogP contribution < -0.4 is 5.32 Å². The maximum atomic E-state index is 4.36. The summed E-state index contributed by atoms with van der Waals surface area (Å²) >= 11 is 1.30. The van der Waals surface area contributed by atoms with Crippen LogP contribution in [0.1, 0.15) is 44.1 Å². The molecule has 1 saturated carbocycles. The van der Waals surface area contributed by atoms with Gasteiger partial charge in [0, 0.05) is 12.6 Å². The fraction of sp³-hybridized carbons (Fsp3) is 0.667. The molecule has 0 unspecified atom stereocenters. The lowest BCUT2D eigenvalue weighted by atomic mass is 9.67. The zero-order valence-corrected chi connectivity index (χ0v) is 17.2. The largest absolute Gasteiger partial charge is 0.317 e. The molecule has 4 nitrogen and oxygen atoms in total. The molecule has 0 amide bonds. The molecule has 1 spiro atoms. The Kier molecular flexibility index (Phi) is 7.47. The van der Waals surface area contributed by atoms with Gasteiger partial charge in [-0.25, -0.2) is 0 Å². The van der Waals surface area contributed by atoms with Gasteiger partial charge in [0.1, 0.15) is 11.0 Å². The summed E-state index contributed by atoms with van der Waals surface area (Å²) in [6.45, 7) is 3.47. The van der Waals surface area contributed by atoms with Gasteiger partial charge in [-0.3, -0.25) is 4.90 Å². The minimum Gasteiger partial charge on any atom is -0.317 e. The fourth-order valence-corrected chi connectivity index (χ4v) is 4.97. The summed E-state index contributed by atoms with van der Waals surface area (Å²) in [5.74, 6) is 0. The molecule has 1 aromatic heterocycles. The lowest BCUT2D eigenvalue weighted by molar-refractivity contribution is 0.0739. The van der Waals surface area contributed by atoms with E-state index in [9.17, 15) is 0 Å². The van der Waals surface area contributed by atoms with Crippen LogP contribution in [0.2, 0.25) is 0 Å². The molecular formula is C18H28Cl2N4S. The number of aromatic nitrogens is 2. The van der Waals surface area contributed by atoms with Crippen LogP contribution in [-0.4, -0.2) is 39.8 Å². The van der Waals surface area contributed by atoms with Crippen LogP contribution in [0.5, 0.6) is 0 Å². The first-order chi connectivity index (χ1) is 11.2. The molecule has 0 radical (unpaired) electrons. The first kappa shape index (κ1) is 20.8. The first-order valence-electron chi connectivity index (χ1n) is 8.86. The molecule has 140 valence electrons. The van der Waals surface area contributed by atoms with E-state index >= 15 is 0 Å². The quantitative estimate of drug-likeness (QED) is 0.831. The van der Waals surface area contributed by atoms with E-state index in [4.69, 9.17) is 0 Å². The van der Waals surface area contributed by atoms with Gasteiger partial charge < -0.3 is 5.32 Å². The van der Waals surface area contributed by atoms with Crippen LogP contribution in [-0.2, 0) is 6.54 Å². The Morgan fingerprint density at radius 3 is 2.48 bits per heavy atom. The van der Waals surface area contributed by atoms with Gasteiger partial charge in [0.25, 0.3) is 0 Å². The summed E-state index contributed by atoms with van der Waals surface area (Å²) < 4.78 is 8.65. The second kappa shape index (κ2) is 8.96. The van der Waals surface area contributed by atoms with Crippen molar-refractivity contribution in [2.24, 2.45) is 5.41 Å². The highest BCUT2D eigenvalue weighted by Gasteiger charge is 2.36. The molecule has 2 aliphatic rings. The molecule has 2 heterocycles. The van der Waals surface area contributed by atoms with E-state index < -0.39 is 0 Å². The summed E-state index contributed by atoms with van der Waals surface area (Å²) in [4.78, 5) is 2.55. The van der Waals surface area contributed by atoms with Crippen molar-refractivity contribution in [2.75, 3.05) is 20.1 Å². The lowest BCUT2D eigenvalue weighted by Crippen LogP contribution is -2.43. The molecule has 1 aliphatic carbocycles. The van der Waals surface area contributed by atoms with Gasteiger partial charge in [-0.1, -0.05) is 6.07 Å². The topological polar surface area (TPSA) is 41.1 Å². The molecular weight excluding hydrogens is 375 g/mol. The number of rotatable bonds is 3. The van der Waals surface area contributed by atoms with Gasteiger partial charge >= 0.3 is 0 Å². The second-order valence-electron chi connectivity index (χ2n) is 7.48. The van der Waals surface area contributed by atoms with Crippen LogP contribution in [0, 0.1) is 5.41 Å². The third-order valence-corrected chi connectivity index (χ3v) is 6.61. The fourth-order valence-electron chi connectivity index (χ4n) is 4.46. The summed E-state index contributed by atoms with van der Waals surface area (Å²) in [5, 5.41) is 3.51. The van der Waals surface area contributed by atoms with Crippen molar-refractivity contribution in [3.8, 4) is 0 Å². The maximum absolute atomic E-state index is 4.36. The molecule has 7 heteroatoms. The van der Waals surface area contributed by atoms with Crippen molar-refractivity contribution < 1.29 is 0 Å². The van der Waals surface area contributed by atoms with Crippen molar-refractivity contribution in [3.05, 3.63) is 23.8 Å². The summed E-state index contributed by atoms with van der Waals surface area (Å²) in [6.07, 6.45) is 8.32. The Bertz CT molecular complexity index is 662. The Balaban J connectivity index is 0.00000113. The second-order valence-corrected chi connectivity index (χ2v) is 8.01. The first-order valence-corrected chi connectivity index (χ1v) is 9.59. The smallest absolute Gasteiger partial charge is 0.105 e. The van der Waals surface area contributed by atoms with E-state index in [1.54, 1.807) is 0 Å². The van der Waals surface area contributed by atoms with Gasteiger partial charge in [-0.2, -0.15) is 8.75 Å². The molecule has 1 aromatic carbocycles. The monoisotopic (exact) mass is 402 g/mol. The van der Waals surface area contributed by atoms with E-state index in [0.29, 0.717) is 5.41 Å². The molecule has 1 saturated heterocycles. The molecule has 1 aliphatic heterocycles. The minimum absolute atomic E-state index is 0. The molecule has 1 N–H and O–H groups in total. The third kappa shape index (κ3) is 4.64. The number of nitrogens with one attached hydrogen (secondary N) is 1. The Morgan fingerprint density at radius 2 is 1.76 bits per heavy atom. The number of benzene rings is 1. The Labute approximate surface area is 166 Å². The zero-order valence-electron chi connectivity index (χ0n) is 14.7. The molecule has 25 heavy (non-hydrogen) atoms. The SMILES string of the molecule is CN(Cc1ccc2nsnc2c1)C1CCC2(CCNCC2)CC1.Cl.Cl. The molecule has 4 rings (SSSR count). The van der Waals surface area contributed by atoms with Gasteiger partial charge in [0.2, 0.25) is 0 Å². The van der Waals surface area contributed by atoms with Crippen LogP contribution in [0.3, 0.4) is 0 Å². The standard InChI is InChI=1S/C18H26N4S.2ClH/c1-22(13-14-2-3-16-17(12-14)21-23-20-16)15-4-6-18(7-5-15)8-10-19-11-9-18;;/h2-3,12,15,19H,4-11,13H2,1H3;2*1H. The third-order valence-electron chi connectivity index (χ3n) is 6.05. The predicted octanol–water partition coefficient (Wildman–Crippen LogP) is 4.28. The van der Waals surface area contributed by atoms with Gasteiger partial charge in [0.05, 0.1) is 11.7 Å². The number of hydrogen-bond acceptors (Lipinski definition) is 5. The summed E-state index contributed by atoms with van der Waals surface area (Å²) in [7, 11) is 2.29. The minimum atomic E-state index is 0. The molecule has 2 fully saturated rings. The zero-order chi connectivity index (χ0) is 15.7. The van der Waals surface area contributed by atoms with Gasteiger partial charge in [-0.15, -0.1) is 24.8 Å². The maximum Gasteiger partial charge on any atom is 0.105 e. The van der Waals surface area contributed by atoms with E-state index in [1.807, 2.05) is 0 Å². The number of piperidine rings is 1. The van der Waals surface area contributed by atoms with Crippen LogP contribution in [0.15, 0.2) is 18.2 Å². The molecule has 0 atom stereocenters. The van der Waals surface area contributed by atoms with Crippen LogP contribution >= 0.6 is 36.5 Å². The van der Waals surface area contributed by atoms with Crippen molar-refractivity contribution in [2.45, 2.75) is 51.1 Å². The van der Waals surface area contributed by atoms with E-state index in [-0.39, 0.29) is 24.8 Å². The molecule has 0 bridgehead atoms. The number of hydrogen-bond donors (Lipinski definition) is 1. The molecule has 2 aromatic rings. The van der Waals surface area contributed by atoms with Crippen molar-refractivity contribution >= 4 is 47.6 Å². The summed E-state index contributed by atoms with van der Waals surface area (Å²) in [5.41, 5.74) is 4.08. The van der Waals surface area contributed by atoms with Crippen molar-refractivity contribution in [3.63, 3.8) is 0 Å². The van der Waals surface area contributed by atoms with Gasteiger partial charge in [0.15, 0.2) is 0 Å². The number of fused-ring (bicyclic) bond motifs is 1. The van der Waals surface area contributed by atoms with E-state index in [0.717, 1.165) is 23.6 Å². The Hall–Kier alpha value is -0.460. The number of nitrogens with zero attached hydrogens (tertiary/aromatic N) is 3. The number of halogens is 2.